The molecule has 0 radical (unpaired) electrons. The number of hydrogen-bond donors (Lipinski definition) is 2. The molecule has 2 N–H and O–H groups in total. The van der Waals surface area contributed by atoms with Crippen molar-refractivity contribution < 1.29 is 14.7 Å². The van der Waals surface area contributed by atoms with Crippen molar-refractivity contribution in [2.75, 3.05) is 26.2 Å². The van der Waals surface area contributed by atoms with Crippen LogP contribution in [0.5, 0.6) is 0 Å². The van der Waals surface area contributed by atoms with E-state index < -0.39 is 23.6 Å². The van der Waals surface area contributed by atoms with E-state index in [2.05, 4.69) is 65.3 Å². The largest absolute Gasteiger partial charge is 0.391 e. The van der Waals surface area contributed by atoms with Crippen molar-refractivity contribution in [1.29, 1.82) is 0 Å². The molecule has 4 fully saturated rings. The third-order valence-corrected chi connectivity index (χ3v) is 17.0. The number of aromatic nitrogens is 5. The Labute approximate surface area is 407 Å². The number of nitrogens with zero attached hydrogens (tertiary/aromatic N) is 7. The maximum absolute atomic E-state index is 14.5. The minimum absolute atomic E-state index is 0.0872. The number of rotatable bonds is 9. The molecule has 2 aromatic heterocycles. The average molecular weight is 993 g/mol. The Morgan fingerprint density at radius 2 is 1.69 bits per heavy atom. The van der Waals surface area contributed by atoms with Crippen LogP contribution in [0.15, 0.2) is 76.1 Å². The first-order valence-electron chi connectivity index (χ1n) is 24.7. The summed E-state index contributed by atoms with van der Waals surface area (Å²) in [5.74, 6) is 1.80. The second-order valence-corrected chi connectivity index (χ2v) is 22.8. The number of carbonyl (C=O) groups excluding carboxylic acids is 2. The van der Waals surface area contributed by atoms with E-state index in [1.165, 1.54) is 23.2 Å². The number of fused-ring (bicyclic) bond motifs is 7. The van der Waals surface area contributed by atoms with Crippen LogP contribution in [-0.2, 0) is 15.0 Å². The molecule has 12 nitrogen and oxygen atoms in total. The van der Waals surface area contributed by atoms with Crippen LogP contribution in [0, 0.1) is 11.3 Å². The fourth-order valence-corrected chi connectivity index (χ4v) is 13.2. The topological polar surface area (TPSA) is 138 Å². The monoisotopic (exact) mass is 990 g/mol. The summed E-state index contributed by atoms with van der Waals surface area (Å²) in [5.41, 5.74) is 5.84. The van der Waals surface area contributed by atoms with Gasteiger partial charge in [0, 0.05) is 41.1 Å². The number of amides is 2. The summed E-state index contributed by atoms with van der Waals surface area (Å²) >= 11 is 9.75. The van der Waals surface area contributed by atoms with Crippen LogP contribution in [0.1, 0.15) is 157 Å². The summed E-state index contributed by atoms with van der Waals surface area (Å²) < 4.78 is 4.83. The van der Waals surface area contributed by atoms with E-state index in [1.54, 1.807) is 21.7 Å². The molecule has 0 unspecified atom stereocenters. The van der Waals surface area contributed by atoms with Crippen molar-refractivity contribution in [3.63, 3.8) is 0 Å². The van der Waals surface area contributed by atoms with Crippen LogP contribution in [0.25, 0.3) is 16.6 Å². The van der Waals surface area contributed by atoms with Crippen LogP contribution < -0.4 is 10.9 Å². The molecular weight excluding hydrogens is 928 g/mol. The zero-order valence-corrected chi connectivity index (χ0v) is 41.6. The lowest BCUT2D eigenvalue weighted by molar-refractivity contribution is -0.144. The summed E-state index contributed by atoms with van der Waals surface area (Å²) in [4.78, 5) is 50.7. The van der Waals surface area contributed by atoms with Crippen molar-refractivity contribution in [2.45, 2.75) is 146 Å². The third-order valence-electron chi connectivity index (χ3n) is 16.1. The lowest BCUT2D eigenvalue weighted by Gasteiger charge is -2.37. The van der Waals surface area contributed by atoms with Gasteiger partial charge in [-0.15, -0.1) is 5.10 Å². The van der Waals surface area contributed by atoms with Gasteiger partial charge >= 0.3 is 0 Å². The fraction of sp³-hybridized carbons (Fsp3) is 0.547. The predicted molar refractivity (Wildman–Crippen MR) is 265 cm³/mol. The van der Waals surface area contributed by atoms with Crippen LogP contribution in [0.2, 0.25) is 5.02 Å². The first kappa shape index (κ1) is 46.3. The molecule has 354 valence electrons. The number of hydrogen-bond acceptors (Lipinski definition) is 8. The van der Waals surface area contributed by atoms with Crippen molar-refractivity contribution in [1.82, 2.24) is 39.7 Å². The van der Waals surface area contributed by atoms with Gasteiger partial charge in [0.2, 0.25) is 11.8 Å². The second-order valence-electron chi connectivity index (χ2n) is 21.5. The van der Waals surface area contributed by atoms with Gasteiger partial charge in [-0.05, 0) is 152 Å². The lowest BCUT2D eigenvalue weighted by atomic mass is 9.69. The SMILES string of the molecule is C[C@H](NC(=O)[C@@H]1C[C@@H](O)CN1C(=O)[C@@H](n1cc(C2CCC(CN3CCC(c4ccc5c(c4)-n4c(nc(=O)c6c(Br)cccc64)C54CCCCC4)CC3)CC2)nn1)C(C)(C)C)c1ccc(Cl)cc1. The van der Waals surface area contributed by atoms with E-state index in [9.17, 15) is 19.5 Å². The quantitative estimate of drug-likeness (QED) is 0.149. The van der Waals surface area contributed by atoms with Gasteiger partial charge in [-0.3, -0.25) is 19.0 Å². The van der Waals surface area contributed by atoms with Crippen LogP contribution in [-0.4, -0.2) is 89.6 Å². The Balaban J connectivity index is 0.761. The van der Waals surface area contributed by atoms with Crippen molar-refractivity contribution >= 4 is 50.2 Å². The minimum Gasteiger partial charge on any atom is -0.391 e. The Morgan fingerprint density at radius 3 is 2.40 bits per heavy atom. The summed E-state index contributed by atoms with van der Waals surface area (Å²) in [5, 5.41) is 24.3. The van der Waals surface area contributed by atoms with E-state index in [-0.39, 0.29) is 47.7 Å². The lowest BCUT2D eigenvalue weighted by Crippen LogP contribution is -2.50. The number of aliphatic hydroxyl groups is 1. The molecule has 14 heteroatoms. The Kier molecular flexibility index (Phi) is 12.8. The number of piperidine rings is 1. The number of β-amino-alcohol motifs (C(OH)–C–C–N with tert-alkyl or cyclic N) is 1. The highest BCUT2D eigenvalue weighted by Crippen LogP contribution is 2.52. The molecule has 10 rings (SSSR count). The number of aliphatic hydroxyl groups excluding tert-OH is 1. The highest BCUT2D eigenvalue weighted by Gasteiger charge is 2.48. The maximum Gasteiger partial charge on any atom is 0.281 e. The highest BCUT2D eigenvalue weighted by atomic mass is 79.9. The molecule has 4 atom stereocenters. The molecule has 3 aromatic carbocycles. The summed E-state index contributed by atoms with van der Waals surface area (Å²) in [7, 11) is 0. The molecule has 5 heterocycles. The smallest absolute Gasteiger partial charge is 0.281 e. The fourth-order valence-electron chi connectivity index (χ4n) is 12.5. The van der Waals surface area contributed by atoms with Gasteiger partial charge in [0.1, 0.15) is 17.9 Å². The van der Waals surface area contributed by atoms with Gasteiger partial charge in [-0.2, -0.15) is 4.98 Å². The summed E-state index contributed by atoms with van der Waals surface area (Å²) in [6.07, 6.45) is 13.5. The third kappa shape index (κ3) is 8.80. The zero-order chi connectivity index (χ0) is 46.8. The Bertz CT molecular complexity index is 2710. The molecular formula is C53H64BrClN8O4. The van der Waals surface area contributed by atoms with Crippen molar-refractivity contribution in [3.05, 3.63) is 115 Å². The van der Waals surface area contributed by atoms with Crippen molar-refractivity contribution in [3.8, 4) is 5.69 Å². The van der Waals surface area contributed by atoms with E-state index in [0.29, 0.717) is 22.2 Å². The zero-order valence-electron chi connectivity index (χ0n) is 39.3. The maximum atomic E-state index is 14.5. The Hall–Kier alpha value is -4.43. The molecule has 2 saturated carbocycles. The van der Waals surface area contributed by atoms with E-state index in [0.717, 1.165) is 111 Å². The van der Waals surface area contributed by atoms with E-state index >= 15 is 0 Å². The van der Waals surface area contributed by atoms with E-state index in [4.69, 9.17) is 16.6 Å². The first-order chi connectivity index (χ1) is 32.2. The molecule has 5 aromatic rings. The average Bonchev–Trinajstić information content (AvgIpc) is 4.02. The standard InChI is InChI=1S/C53H64BrClN8O4/c1-32(34-15-18-38(55)19-16-34)56-48(65)45-28-39(64)30-61(45)50(67)47(52(2,3)4)62-31-42(58-59-62)36-13-11-33(12-14-36)29-60-25-21-35(22-26-60)37-17-20-40-44(27-37)63-43-10-8-9-41(54)46(43)49(66)57-51(63)53(40)23-6-5-7-24-53/h8-10,15-20,27,31-33,35-36,39,45,47,64H,5-7,11-14,21-26,28-30H2,1-4H3,(H,56,65)/t32-,33?,36?,39+,45-,47+/m0/s1. The molecule has 2 saturated heterocycles. The summed E-state index contributed by atoms with van der Waals surface area (Å²) in [6.45, 7) is 11.3. The normalized spacial score (nSPS) is 24.1. The van der Waals surface area contributed by atoms with Gasteiger partial charge in [0.15, 0.2) is 0 Å². The molecule has 3 aliphatic heterocycles. The summed E-state index contributed by atoms with van der Waals surface area (Å²) in [6, 6.07) is 18.8. The molecule has 5 aliphatic rings. The molecule has 2 amide bonds. The molecule has 67 heavy (non-hydrogen) atoms. The second kappa shape index (κ2) is 18.5. The minimum atomic E-state index is -0.798. The van der Waals surface area contributed by atoms with Crippen LogP contribution in [0.3, 0.4) is 0 Å². The van der Waals surface area contributed by atoms with Gasteiger partial charge in [0.05, 0.1) is 39.8 Å². The molecule has 2 aliphatic carbocycles. The van der Waals surface area contributed by atoms with Crippen LogP contribution in [0.4, 0.5) is 0 Å². The molecule has 1 spiro atoms. The number of nitrogens with one attached hydrogen (secondary N) is 1. The van der Waals surface area contributed by atoms with Gasteiger partial charge in [-0.1, -0.05) is 87.2 Å². The number of halogens is 2. The number of likely N-dealkylation sites (tertiary alicyclic amines) is 2. The van der Waals surface area contributed by atoms with Gasteiger partial charge in [0.25, 0.3) is 5.56 Å². The Morgan fingerprint density at radius 1 is 0.955 bits per heavy atom. The predicted octanol–water partition coefficient (Wildman–Crippen LogP) is 9.54. The highest BCUT2D eigenvalue weighted by molar-refractivity contribution is 9.10. The van der Waals surface area contributed by atoms with Crippen molar-refractivity contribution in [2.24, 2.45) is 11.3 Å². The van der Waals surface area contributed by atoms with Crippen LogP contribution >= 0.6 is 27.5 Å². The molecule has 0 bridgehead atoms. The van der Waals surface area contributed by atoms with Gasteiger partial charge < -0.3 is 20.2 Å². The number of benzene rings is 3. The number of carbonyl (C=O) groups is 2. The van der Waals surface area contributed by atoms with E-state index in [1.807, 2.05) is 58.2 Å². The first-order valence-corrected chi connectivity index (χ1v) is 25.9. The van der Waals surface area contributed by atoms with Gasteiger partial charge in [-0.25, -0.2) is 4.68 Å².